The Hall–Kier alpha value is 0.420. The highest BCUT2D eigenvalue weighted by molar-refractivity contribution is 6.56. The fraction of sp³-hybridized carbons (Fsp3) is 0.846. The molecule has 4 nitrogen and oxygen atoms in total. The maximum absolute atomic E-state index is 12.7. The zero-order valence-corrected chi connectivity index (χ0v) is 14.0. The number of hydrogen-bond donors (Lipinski definition) is 0. The van der Waals surface area contributed by atoms with Gasteiger partial charge in [0.2, 0.25) is 5.79 Å². The standard InChI is InChI=1S/C13H10Cl4O4/c1-20-13(21-2)11(16)5-6-8(19)4-3(7(5)18)9(11,14)10(4,15)12(6,13)17/h3-6H,1-2H3/t3-,4+,5+,6-,9-,10-,11+,12+/m1/s1. The van der Waals surface area contributed by atoms with Crippen molar-refractivity contribution in [3.8, 4) is 0 Å². The van der Waals surface area contributed by atoms with E-state index in [1.165, 1.54) is 14.2 Å². The first kappa shape index (κ1) is 13.8. The average molecular weight is 372 g/mol. The summed E-state index contributed by atoms with van der Waals surface area (Å²) in [5.74, 6) is -4.86. The molecule has 0 saturated heterocycles. The number of hydrogen-bond acceptors (Lipinski definition) is 4. The van der Waals surface area contributed by atoms with E-state index in [1.54, 1.807) is 0 Å². The maximum atomic E-state index is 12.7. The third kappa shape index (κ3) is 0.701. The molecule has 5 saturated carbocycles. The van der Waals surface area contributed by atoms with Crippen LogP contribution in [0.15, 0.2) is 0 Å². The Labute approximate surface area is 140 Å². The Bertz CT molecular complexity index is 613. The minimum absolute atomic E-state index is 0.135. The Morgan fingerprint density at radius 1 is 0.714 bits per heavy atom. The number of ether oxygens (including phenoxy) is 2. The second-order valence-corrected chi connectivity index (χ2v) is 8.97. The van der Waals surface area contributed by atoms with E-state index in [1.807, 2.05) is 0 Å². The Balaban J connectivity index is 1.99. The van der Waals surface area contributed by atoms with Crippen LogP contribution in [0.25, 0.3) is 0 Å². The van der Waals surface area contributed by atoms with Crippen molar-refractivity contribution in [2.24, 2.45) is 23.7 Å². The van der Waals surface area contributed by atoms with Gasteiger partial charge < -0.3 is 9.47 Å². The van der Waals surface area contributed by atoms with Crippen LogP contribution in [0.1, 0.15) is 0 Å². The normalized spacial score (nSPS) is 67.3. The molecule has 8 heteroatoms. The molecule has 0 unspecified atom stereocenters. The molecule has 8 atom stereocenters. The number of halogens is 4. The molecule has 0 amide bonds. The largest absolute Gasteiger partial charge is 0.350 e. The SMILES string of the molecule is COC1(OC)[C@]2(Cl)[C@@H]3C(=O)[C@H]4[C@H]5C(=O)[C@@H]3[C@]1(Cl)[C@]5(Cl)[C@]42Cl. The number of methoxy groups -OCH3 is 2. The van der Waals surface area contributed by atoms with Crippen LogP contribution in [-0.4, -0.2) is 51.1 Å². The van der Waals surface area contributed by atoms with Gasteiger partial charge in [-0.15, -0.1) is 46.4 Å². The first-order chi connectivity index (χ1) is 9.68. The minimum atomic E-state index is -1.58. The number of carbonyl (C=O) groups is 2. The van der Waals surface area contributed by atoms with Gasteiger partial charge in [-0.25, -0.2) is 0 Å². The van der Waals surface area contributed by atoms with Crippen molar-refractivity contribution in [1.82, 2.24) is 0 Å². The quantitative estimate of drug-likeness (QED) is 0.546. The molecule has 0 aromatic heterocycles. The van der Waals surface area contributed by atoms with Crippen LogP contribution in [0.2, 0.25) is 0 Å². The summed E-state index contributed by atoms with van der Waals surface area (Å²) in [6.07, 6.45) is 0. The van der Waals surface area contributed by atoms with Gasteiger partial charge in [-0.2, -0.15) is 0 Å². The van der Waals surface area contributed by atoms with Crippen LogP contribution in [0.4, 0.5) is 0 Å². The highest BCUT2D eigenvalue weighted by Crippen LogP contribution is 2.95. The second-order valence-electron chi connectivity index (χ2n) is 6.59. The lowest BCUT2D eigenvalue weighted by Crippen LogP contribution is -2.73. The fourth-order valence-electron chi connectivity index (χ4n) is 6.37. The van der Waals surface area contributed by atoms with Gasteiger partial charge >= 0.3 is 0 Å². The van der Waals surface area contributed by atoms with Crippen molar-refractivity contribution in [2.45, 2.75) is 25.3 Å². The van der Waals surface area contributed by atoms with E-state index in [2.05, 4.69) is 0 Å². The molecule has 0 spiro atoms. The molecule has 5 rings (SSSR count). The highest BCUT2D eigenvalue weighted by Gasteiger charge is 3.12. The second kappa shape index (κ2) is 3.03. The Kier molecular flexibility index (Phi) is 1.99. The summed E-state index contributed by atoms with van der Waals surface area (Å²) in [7, 11) is 2.77. The summed E-state index contributed by atoms with van der Waals surface area (Å²) in [6.45, 7) is 0. The van der Waals surface area contributed by atoms with E-state index in [0.29, 0.717) is 0 Å². The van der Waals surface area contributed by atoms with E-state index in [9.17, 15) is 9.59 Å². The van der Waals surface area contributed by atoms with Crippen molar-refractivity contribution in [3.63, 3.8) is 0 Å². The highest BCUT2D eigenvalue weighted by atomic mass is 35.5. The van der Waals surface area contributed by atoms with Crippen LogP contribution >= 0.6 is 46.4 Å². The van der Waals surface area contributed by atoms with E-state index in [0.717, 1.165) is 0 Å². The predicted octanol–water partition coefficient (Wildman–Crippen LogP) is 1.56. The van der Waals surface area contributed by atoms with Crippen molar-refractivity contribution in [2.75, 3.05) is 14.2 Å². The Morgan fingerprint density at radius 3 is 1.29 bits per heavy atom. The summed E-state index contributed by atoms with van der Waals surface area (Å²) >= 11 is 27.4. The van der Waals surface area contributed by atoms with Crippen molar-refractivity contribution >= 4 is 58.0 Å². The Morgan fingerprint density at radius 2 is 1.00 bits per heavy atom. The van der Waals surface area contributed by atoms with Crippen LogP contribution in [0.3, 0.4) is 0 Å². The topological polar surface area (TPSA) is 52.6 Å². The predicted molar refractivity (Wildman–Crippen MR) is 75.1 cm³/mol. The molecule has 5 fully saturated rings. The van der Waals surface area contributed by atoms with Crippen LogP contribution in [0.5, 0.6) is 0 Å². The molecule has 5 aliphatic carbocycles. The first-order valence-corrected chi connectivity index (χ1v) is 8.13. The maximum Gasteiger partial charge on any atom is 0.211 e. The third-order valence-electron chi connectivity index (χ3n) is 6.73. The van der Waals surface area contributed by atoms with Crippen molar-refractivity contribution in [1.29, 1.82) is 0 Å². The molecule has 0 N–H and O–H groups in total. The third-order valence-corrected chi connectivity index (χ3v) is 10.2. The molecule has 21 heavy (non-hydrogen) atoms. The van der Waals surface area contributed by atoms with Crippen LogP contribution in [-0.2, 0) is 19.1 Å². The van der Waals surface area contributed by atoms with Gasteiger partial charge in [0.1, 0.15) is 31.1 Å². The molecular weight excluding hydrogens is 362 g/mol. The lowest BCUT2D eigenvalue weighted by atomic mass is 9.57. The molecular formula is C13H10Cl4O4. The monoisotopic (exact) mass is 370 g/mol. The fourth-order valence-corrected chi connectivity index (χ4v) is 9.60. The average Bonchev–Trinajstić information content (AvgIpc) is 2.73. The van der Waals surface area contributed by atoms with Gasteiger partial charge in [0.25, 0.3) is 0 Å². The molecule has 2 bridgehead atoms. The summed E-state index contributed by atoms with van der Waals surface area (Å²) in [6, 6.07) is 0. The molecule has 0 aromatic carbocycles. The van der Waals surface area contributed by atoms with Crippen molar-refractivity contribution < 1.29 is 19.1 Å². The van der Waals surface area contributed by atoms with Gasteiger partial charge in [-0.1, -0.05) is 0 Å². The molecule has 0 aliphatic heterocycles. The summed E-state index contributed by atoms with van der Waals surface area (Å²) in [5, 5.41) is 0. The number of ketones is 2. The molecule has 0 radical (unpaired) electrons. The number of rotatable bonds is 2. The number of Topliss-reactive ketones (excluding diaryl/α,β-unsaturated/α-hetero) is 2. The van der Waals surface area contributed by atoms with Gasteiger partial charge in [0.05, 0.1) is 23.7 Å². The van der Waals surface area contributed by atoms with E-state index in [-0.39, 0.29) is 11.6 Å². The van der Waals surface area contributed by atoms with Crippen LogP contribution in [0, 0.1) is 23.7 Å². The number of alkyl halides is 4. The lowest BCUT2D eigenvalue weighted by Gasteiger charge is -2.57. The lowest BCUT2D eigenvalue weighted by molar-refractivity contribution is -0.224. The minimum Gasteiger partial charge on any atom is -0.350 e. The van der Waals surface area contributed by atoms with Gasteiger partial charge in [0.15, 0.2) is 0 Å². The van der Waals surface area contributed by atoms with E-state index >= 15 is 0 Å². The summed E-state index contributed by atoms with van der Waals surface area (Å²) in [4.78, 5) is 19.9. The summed E-state index contributed by atoms with van der Waals surface area (Å²) < 4.78 is 11.2. The number of carbonyl (C=O) groups excluding carboxylic acids is 2. The van der Waals surface area contributed by atoms with Crippen molar-refractivity contribution in [3.05, 3.63) is 0 Å². The smallest absolute Gasteiger partial charge is 0.211 e. The zero-order chi connectivity index (χ0) is 15.4. The van der Waals surface area contributed by atoms with E-state index < -0.39 is 49.0 Å². The van der Waals surface area contributed by atoms with Gasteiger partial charge in [-0.3, -0.25) is 9.59 Å². The number of fused-ring (bicyclic) bond motifs is 2. The molecule has 0 aromatic rings. The van der Waals surface area contributed by atoms with Gasteiger partial charge in [-0.05, 0) is 0 Å². The zero-order valence-electron chi connectivity index (χ0n) is 11.0. The first-order valence-electron chi connectivity index (χ1n) is 6.61. The molecule has 114 valence electrons. The van der Waals surface area contributed by atoms with E-state index in [4.69, 9.17) is 55.9 Å². The van der Waals surface area contributed by atoms with Gasteiger partial charge in [0, 0.05) is 14.2 Å². The molecule has 5 aliphatic rings. The van der Waals surface area contributed by atoms with Crippen LogP contribution < -0.4 is 0 Å². The summed E-state index contributed by atoms with van der Waals surface area (Å²) in [5.41, 5.74) is 0. The molecule has 0 heterocycles.